The topological polar surface area (TPSA) is 79.7 Å². The molecule has 1 N–H and O–H groups in total. The van der Waals surface area contributed by atoms with E-state index in [-0.39, 0.29) is 16.9 Å². The van der Waals surface area contributed by atoms with Crippen LogP contribution in [0, 0.1) is 5.41 Å². The summed E-state index contributed by atoms with van der Waals surface area (Å²) < 4.78 is 5.45. The standard InChI is InChI=1S/C19H28N2O4S/c1-17(2,3)12-10-26-14(20-12)9-19-7-11(15(22)23)21(13(19)8-19)16(24)25-18(4,5)6/h10-11,13H,7-9H2,1-6H3,(H,22,23)/t11-,13?,19-/m0/s1. The van der Waals surface area contributed by atoms with Crippen molar-refractivity contribution in [2.24, 2.45) is 5.41 Å². The number of aliphatic carboxylic acids is 1. The van der Waals surface area contributed by atoms with Crippen molar-refractivity contribution < 1.29 is 19.4 Å². The van der Waals surface area contributed by atoms with Gasteiger partial charge in [0.2, 0.25) is 0 Å². The maximum absolute atomic E-state index is 12.6. The normalized spacial score (nSPS) is 28.0. The molecule has 0 bridgehead atoms. The molecule has 1 unspecified atom stereocenters. The number of likely N-dealkylation sites (tertiary alicyclic amines) is 1. The Morgan fingerprint density at radius 3 is 2.46 bits per heavy atom. The molecular formula is C19H28N2O4S. The van der Waals surface area contributed by atoms with E-state index in [9.17, 15) is 14.7 Å². The Balaban J connectivity index is 1.77. The summed E-state index contributed by atoms with van der Waals surface area (Å²) >= 11 is 1.62. The second-order valence-electron chi connectivity index (χ2n) is 9.58. The fraction of sp³-hybridized carbons (Fsp3) is 0.737. The molecule has 1 aliphatic heterocycles. The zero-order chi connectivity index (χ0) is 19.5. The molecule has 7 heteroatoms. The minimum atomic E-state index is -0.961. The summed E-state index contributed by atoms with van der Waals surface area (Å²) in [6.45, 7) is 11.8. The lowest BCUT2D eigenvalue weighted by Gasteiger charge is -2.28. The predicted molar refractivity (Wildman–Crippen MR) is 99.5 cm³/mol. The third-order valence-electron chi connectivity index (χ3n) is 5.13. The second-order valence-corrected chi connectivity index (χ2v) is 10.5. The zero-order valence-electron chi connectivity index (χ0n) is 16.3. The van der Waals surface area contributed by atoms with Crippen LogP contribution in [0.5, 0.6) is 0 Å². The molecule has 0 aromatic carbocycles. The maximum atomic E-state index is 12.6. The second kappa shape index (κ2) is 5.94. The summed E-state index contributed by atoms with van der Waals surface area (Å²) in [4.78, 5) is 30.5. The number of thiazole rings is 1. The van der Waals surface area contributed by atoms with Crippen LogP contribution in [-0.4, -0.2) is 44.7 Å². The van der Waals surface area contributed by atoms with Crippen LogP contribution in [0.2, 0.25) is 0 Å². The Morgan fingerprint density at radius 1 is 1.31 bits per heavy atom. The number of hydrogen-bond acceptors (Lipinski definition) is 5. The van der Waals surface area contributed by atoms with Gasteiger partial charge in [0.05, 0.1) is 10.7 Å². The van der Waals surface area contributed by atoms with Gasteiger partial charge in [-0.3, -0.25) is 4.90 Å². The number of amides is 1. The first-order chi connectivity index (χ1) is 11.8. The average Bonchev–Trinajstić information content (AvgIpc) is 2.81. The van der Waals surface area contributed by atoms with Crippen LogP contribution < -0.4 is 0 Å². The van der Waals surface area contributed by atoms with Crippen molar-refractivity contribution in [3.63, 3.8) is 0 Å². The van der Waals surface area contributed by atoms with Gasteiger partial charge in [-0.15, -0.1) is 11.3 Å². The molecule has 1 saturated heterocycles. The first-order valence-corrected chi connectivity index (χ1v) is 9.89. The number of aromatic nitrogens is 1. The van der Waals surface area contributed by atoms with Crippen molar-refractivity contribution in [2.75, 3.05) is 0 Å². The smallest absolute Gasteiger partial charge is 0.411 e. The van der Waals surface area contributed by atoms with Gasteiger partial charge < -0.3 is 9.84 Å². The minimum Gasteiger partial charge on any atom is -0.480 e. The van der Waals surface area contributed by atoms with E-state index in [1.165, 1.54) is 4.90 Å². The first kappa shape index (κ1) is 19.1. The lowest BCUT2D eigenvalue weighted by Crippen LogP contribution is -2.45. The number of rotatable bonds is 3. The summed E-state index contributed by atoms with van der Waals surface area (Å²) in [7, 11) is 0. The molecule has 2 fully saturated rings. The van der Waals surface area contributed by atoms with E-state index in [2.05, 4.69) is 26.2 Å². The molecule has 26 heavy (non-hydrogen) atoms. The molecule has 3 rings (SSSR count). The van der Waals surface area contributed by atoms with Crippen LogP contribution in [0.3, 0.4) is 0 Å². The molecule has 1 amide bonds. The molecule has 0 spiro atoms. The van der Waals surface area contributed by atoms with Gasteiger partial charge in [0.1, 0.15) is 11.6 Å². The van der Waals surface area contributed by atoms with Crippen LogP contribution in [0.4, 0.5) is 4.79 Å². The number of ether oxygens (including phenoxy) is 1. The third-order valence-corrected chi connectivity index (χ3v) is 5.98. The summed E-state index contributed by atoms with van der Waals surface area (Å²) in [5.74, 6) is -0.961. The van der Waals surface area contributed by atoms with E-state index >= 15 is 0 Å². The minimum absolute atomic E-state index is 0.00278. The molecule has 2 heterocycles. The number of carbonyl (C=O) groups excluding carboxylic acids is 1. The van der Waals surface area contributed by atoms with Crippen LogP contribution in [0.1, 0.15) is 65.1 Å². The number of hydrogen-bond donors (Lipinski definition) is 1. The van der Waals surface area contributed by atoms with Crippen LogP contribution in [-0.2, 0) is 21.4 Å². The van der Waals surface area contributed by atoms with E-state index in [1.807, 2.05) is 0 Å². The fourth-order valence-corrected chi connectivity index (χ4v) is 4.89. The number of carbonyl (C=O) groups is 2. The van der Waals surface area contributed by atoms with Crippen LogP contribution in [0.15, 0.2) is 5.38 Å². The highest BCUT2D eigenvalue weighted by Gasteiger charge is 2.68. The lowest BCUT2D eigenvalue weighted by molar-refractivity contribution is -0.142. The SMILES string of the molecule is CC(C)(C)OC(=O)N1C2C[C@]2(Cc2nc(C(C)(C)C)cs2)C[C@H]1C(=O)O. The maximum Gasteiger partial charge on any atom is 0.411 e. The highest BCUT2D eigenvalue weighted by atomic mass is 32.1. The zero-order valence-corrected chi connectivity index (χ0v) is 17.1. The van der Waals surface area contributed by atoms with Crippen molar-refractivity contribution >= 4 is 23.4 Å². The molecule has 1 aliphatic carbocycles. The summed E-state index contributed by atoms with van der Waals surface area (Å²) in [6, 6.07) is -0.883. The van der Waals surface area contributed by atoms with E-state index in [0.29, 0.717) is 6.42 Å². The van der Waals surface area contributed by atoms with Gasteiger partial charge in [-0.05, 0) is 33.6 Å². The Labute approximate surface area is 158 Å². The highest BCUT2D eigenvalue weighted by molar-refractivity contribution is 7.09. The molecule has 1 aromatic heterocycles. The Hall–Kier alpha value is -1.63. The predicted octanol–water partition coefficient (Wildman–Crippen LogP) is 3.84. The van der Waals surface area contributed by atoms with Crippen LogP contribution >= 0.6 is 11.3 Å². The van der Waals surface area contributed by atoms with Crippen molar-refractivity contribution in [3.05, 3.63) is 16.1 Å². The average molecular weight is 381 g/mol. The molecule has 1 aromatic rings. The Bertz CT molecular complexity index is 731. The molecule has 0 radical (unpaired) electrons. The largest absolute Gasteiger partial charge is 0.480 e. The van der Waals surface area contributed by atoms with Gasteiger partial charge in [0.25, 0.3) is 0 Å². The van der Waals surface area contributed by atoms with Gasteiger partial charge in [-0.25, -0.2) is 14.6 Å². The van der Waals surface area contributed by atoms with Crippen molar-refractivity contribution in [2.45, 2.75) is 83.9 Å². The van der Waals surface area contributed by atoms with E-state index in [4.69, 9.17) is 9.72 Å². The summed E-state index contributed by atoms with van der Waals surface area (Å²) in [5.41, 5.74) is 0.240. The monoisotopic (exact) mass is 380 g/mol. The lowest BCUT2D eigenvalue weighted by atomic mass is 9.93. The van der Waals surface area contributed by atoms with E-state index in [1.54, 1.807) is 32.1 Å². The van der Waals surface area contributed by atoms with Gasteiger partial charge >= 0.3 is 12.1 Å². The van der Waals surface area contributed by atoms with E-state index in [0.717, 1.165) is 23.5 Å². The number of fused-ring (bicyclic) bond motifs is 1. The number of nitrogens with zero attached hydrogens (tertiary/aromatic N) is 2. The Morgan fingerprint density at radius 2 is 1.96 bits per heavy atom. The summed E-state index contributed by atoms with van der Waals surface area (Å²) in [6.07, 6.45) is 1.49. The summed E-state index contributed by atoms with van der Waals surface area (Å²) in [5, 5.41) is 12.7. The quantitative estimate of drug-likeness (QED) is 0.862. The molecule has 6 nitrogen and oxygen atoms in total. The van der Waals surface area contributed by atoms with E-state index < -0.39 is 23.7 Å². The number of piperidine rings is 1. The highest BCUT2D eigenvalue weighted by Crippen LogP contribution is 2.61. The molecular weight excluding hydrogens is 352 g/mol. The van der Waals surface area contributed by atoms with Gasteiger partial charge in [0, 0.05) is 28.7 Å². The van der Waals surface area contributed by atoms with Gasteiger partial charge in [-0.2, -0.15) is 0 Å². The van der Waals surface area contributed by atoms with Crippen molar-refractivity contribution in [1.82, 2.24) is 9.88 Å². The molecule has 2 aliphatic rings. The van der Waals surface area contributed by atoms with Gasteiger partial charge in [0.15, 0.2) is 0 Å². The number of carboxylic acids is 1. The number of carboxylic acid groups (broad SMARTS) is 1. The van der Waals surface area contributed by atoms with Crippen molar-refractivity contribution in [1.29, 1.82) is 0 Å². The Kier molecular flexibility index (Phi) is 4.37. The van der Waals surface area contributed by atoms with Crippen molar-refractivity contribution in [3.8, 4) is 0 Å². The first-order valence-electron chi connectivity index (χ1n) is 9.01. The van der Waals surface area contributed by atoms with Gasteiger partial charge in [-0.1, -0.05) is 20.8 Å². The molecule has 1 saturated carbocycles. The molecule has 3 atom stereocenters. The third kappa shape index (κ3) is 3.59. The fourth-order valence-electron chi connectivity index (χ4n) is 3.71. The molecule has 144 valence electrons. The van der Waals surface area contributed by atoms with Crippen LogP contribution in [0.25, 0.3) is 0 Å².